The standard InChI is InChI=1S/C12H17FN2O2/c1-9(8-17-2)14-7-12(16)15-11-5-3-10(13)4-6-11/h3-6,9,14H,7-8H2,1-2H3,(H,15,16). The molecule has 1 aromatic rings. The van der Waals surface area contributed by atoms with Gasteiger partial charge in [0.2, 0.25) is 5.91 Å². The van der Waals surface area contributed by atoms with E-state index in [0.29, 0.717) is 12.3 Å². The summed E-state index contributed by atoms with van der Waals surface area (Å²) in [5, 5.41) is 5.66. The van der Waals surface area contributed by atoms with Crippen LogP contribution in [0.25, 0.3) is 0 Å². The van der Waals surface area contributed by atoms with Crippen LogP contribution < -0.4 is 10.6 Å². The molecule has 1 aromatic carbocycles. The van der Waals surface area contributed by atoms with Gasteiger partial charge in [-0.1, -0.05) is 0 Å². The first-order chi connectivity index (χ1) is 8.11. The minimum Gasteiger partial charge on any atom is -0.383 e. The first kappa shape index (κ1) is 13.6. The molecule has 0 spiro atoms. The van der Waals surface area contributed by atoms with Crippen molar-refractivity contribution < 1.29 is 13.9 Å². The molecule has 1 unspecified atom stereocenters. The molecule has 1 rings (SSSR count). The highest BCUT2D eigenvalue weighted by molar-refractivity contribution is 5.92. The van der Waals surface area contributed by atoms with Crippen LogP contribution in [-0.2, 0) is 9.53 Å². The molecule has 4 nitrogen and oxygen atoms in total. The number of hydrogen-bond donors (Lipinski definition) is 2. The molecule has 0 saturated carbocycles. The van der Waals surface area contributed by atoms with Gasteiger partial charge in [-0.2, -0.15) is 0 Å². The Hall–Kier alpha value is -1.46. The Labute approximate surface area is 100 Å². The molecule has 0 saturated heterocycles. The summed E-state index contributed by atoms with van der Waals surface area (Å²) in [6.45, 7) is 2.67. The largest absolute Gasteiger partial charge is 0.383 e. The summed E-state index contributed by atoms with van der Waals surface area (Å²) >= 11 is 0. The van der Waals surface area contributed by atoms with Gasteiger partial charge in [0.25, 0.3) is 0 Å². The Morgan fingerprint density at radius 3 is 2.65 bits per heavy atom. The second kappa shape index (κ2) is 6.98. The van der Waals surface area contributed by atoms with Crippen molar-refractivity contribution in [2.24, 2.45) is 0 Å². The number of ether oxygens (including phenoxy) is 1. The zero-order chi connectivity index (χ0) is 12.7. The van der Waals surface area contributed by atoms with E-state index in [1.807, 2.05) is 6.92 Å². The van der Waals surface area contributed by atoms with Crippen molar-refractivity contribution in [3.63, 3.8) is 0 Å². The second-order valence-corrected chi connectivity index (χ2v) is 3.79. The summed E-state index contributed by atoms with van der Waals surface area (Å²) in [6.07, 6.45) is 0. The van der Waals surface area contributed by atoms with E-state index in [-0.39, 0.29) is 24.3 Å². The molecule has 2 N–H and O–H groups in total. The maximum Gasteiger partial charge on any atom is 0.238 e. The van der Waals surface area contributed by atoms with Crippen molar-refractivity contribution in [1.82, 2.24) is 5.32 Å². The average Bonchev–Trinajstić information content (AvgIpc) is 2.30. The van der Waals surface area contributed by atoms with Crippen molar-refractivity contribution in [3.8, 4) is 0 Å². The molecule has 5 heteroatoms. The summed E-state index contributed by atoms with van der Waals surface area (Å²) < 4.78 is 17.6. The third-order valence-electron chi connectivity index (χ3n) is 2.16. The molecule has 0 bridgehead atoms. The van der Waals surface area contributed by atoms with Crippen molar-refractivity contribution in [2.45, 2.75) is 13.0 Å². The van der Waals surface area contributed by atoms with Gasteiger partial charge < -0.3 is 15.4 Å². The molecule has 0 fully saturated rings. The SMILES string of the molecule is COCC(C)NCC(=O)Nc1ccc(F)cc1. The number of methoxy groups -OCH3 is 1. The third-order valence-corrected chi connectivity index (χ3v) is 2.16. The Morgan fingerprint density at radius 2 is 2.06 bits per heavy atom. The van der Waals surface area contributed by atoms with Crippen LogP contribution in [0.3, 0.4) is 0 Å². The quantitative estimate of drug-likeness (QED) is 0.790. The Balaban J connectivity index is 2.32. The van der Waals surface area contributed by atoms with E-state index >= 15 is 0 Å². The predicted octanol–water partition coefficient (Wildman–Crippen LogP) is 1.39. The predicted molar refractivity (Wildman–Crippen MR) is 64.4 cm³/mol. The van der Waals surface area contributed by atoms with Gasteiger partial charge in [-0.25, -0.2) is 4.39 Å². The number of carbonyl (C=O) groups excluding carboxylic acids is 1. The average molecular weight is 240 g/mol. The number of halogens is 1. The van der Waals surface area contributed by atoms with E-state index in [4.69, 9.17) is 4.74 Å². The van der Waals surface area contributed by atoms with E-state index in [1.54, 1.807) is 7.11 Å². The maximum atomic E-state index is 12.6. The first-order valence-corrected chi connectivity index (χ1v) is 5.39. The highest BCUT2D eigenvalue weighted by atomic mass is 19.1. The lowest BCUT2D eigenvalue weighted by Gasteiger charge is -2.12. The normalized spacial score (nSPS) is 12.2. The highest BCUT2D eigenvalue weighted by Crippen LogP contribution is 2.07. The van der Waals surface area contributed by atoms with E-state index in [0.717, 1.165) is 0 Å². The minimum absolute atomic E-state index is 0.110. The van der Waals surface area contributed by atoms with Gasteiger partial charge in [-0.15, -0.1) is 0 Å². The van der Waals surface area contributed by atoms with Gasteiger partial charge in [0.05, 0.1) is 13.2 Å². The van der Waals surface area contributed by atoms with E-state index in [1.165, 1.54) is 24.3 Å². The van der Waals surface area contributed by atoms with Crippen molar-refractivity contribution in [2.75, 3.05) is 25.6 Å². The number of amides is 1. The fraction of sp³-hybridized carbons (Fsp3) is 0.417. The highest BCUT2D eigenvalue weighted by Gasteiger charge is 2.05. The molecule has 0 aliphatic rings. The lowest BCUT2D eigenvalue weighted by atomic mass is 10.3. The van der Waals surface area contributed by atoms with Crippen LogP contribution in [0.5, 0.6) is 0 Å². The van der Waals surface area contributed by atoms with Gasteiger partial charge in [-0.05, 0) is 31.2 Å². The minimum atomic E-state index is -0.324. The van der Waals surface area contributed by atoms with Gasteiger partial charge in [0, 0.05) is 18.8 Å². The number of carbonyl (C=O) groups is 1. The molecule has 1 atom stereocenters. The van der Waals surface area contributed by atoms with Crippen LogP contribution in [0.2, 0.25) is 0 Å². The van der Waals surface area contributed by atoms with Crippen LogP contribution in [0.4, 0.5) is 10.1 Å². The lowest BCUT2D eigenvalue weighted by molar-refractivity contribution is -0.115. The van der Waals surface area contributed by atoms with E-state index in [9.17, 15) is 9.18 Å². The molecular weight excluding hydrogens is 223 g/mol. The van der Waals surface area contributed by atoms with Crippen molar-refractivity contribution in [3.05, 3.63) is 30.1 Å². The molecule has 1 amide bonds. The molecular formula is C12H17FN2O2. The molecule has 0 aliphatic heterocycles. The summed E-state index contributed by atoms with van der Waals surface area (Å²) in [6, 6.07) is 5.75. The maximum absolute atomic E-state index is 12.6. The molecule has 0 radical (unpaired) electrons. The number of rotatable bonds is 6. The number of hydrogen-bond acceptors (Lipinski definition) is 3. The van der Waals surface area contributed by atoms with Gasteiger partial charge in [-0.3, -0.25) is 4.79 Å². The zero-order valence-corrected chi connectivity index (χ0v) is 10.00. The van der Waals surface area contributed by atoms with Gasteiger partial charge in [0.1, 0.15) is 5.82 Å². The van der Waals surface area contributed by atoms with Crippen LogP contribution in [0.15, 0.2) is 24.3 Å². The molecule has 0 aromatic heterocycles. The molecule has 0 heterocycles. The zero-order valence-electron chi connectivity index (χ0n) is 10.00. The fourth-order valence-corrected chi connectivity index (χ4v) is 1.31. The summed E-state index contributed by atoms with van der Waals surface area (Å²) in [4.78, 5) is 11.5. The van der Waals surface area contributed by atoms with Crippen molar-refractivity contribution >= 4 is 11.6 Å². The van der Waals surface area contributed by atoms with Crippen LogP contribution in [-0.4, -0.2) is 32.2 Å². The van der Waals surface area contributed by atoms with Crippen LogP contribution >= 0.6 is 0 Å². The van der Waals surface area contributed by atoms with E-state index < -0.39 is 0 Å². The van der Waals surface area contributed by atoms with Crippen LogP contribution in [0.1, 0.15) is 6.92 Å². The lowest BCUT2D eigenvalue weighted by Crippen LogP contribution is -2.36. The van der Waals surface area contributed by atoms with Crippen molar-refractivity contribution in [1.29, 1.82) is 0 Å². The summed E-state index contributed by atoms with van der Waals surface area (Å²) in [5.74, 6) is -0.491. The Kier molecular flexibility index (Phi) is 5.59. The third kappa shape index (κ3) is 5.42. The topological polar surface area (TPSA) is 50.4 Å². The summed E-state index contributed by atoms with van der Waals surface area (Å²) in [7, 11) is 1.61. The van der Waals surface area contributed by atoms with Crippen LogP contribution in [0, 0.1) is 5.82 Å². The molecule has 0 aliphatic carbocycles. The summed E-state index contributed by atoms with van der Waals surface area (Å²) in [5.41, 5.74) is 0.581. The second-order valence-electron chi connectivity index (χ2n) is 3.79. The van der Waals surface area contributed by atoms with Gasteiger partial charge >= 0.3 is 0 Å². The number of anilines is 1. The monoisotopic (exact) mass is 240 g/mol. The number of nitrogens with one attached hydrogen (secondary N) is 2. The molecule has 94 valence electrons. The van der Waals surface area contributed by atoms with Gasteiger partial charge in [0.15, 0.2) is 0 Å². The fourth-order valence-electron chi connectivity index (χ4n) is 1.31. The smallest absolute Gasteiger partial charge is 0.238 e. The number of benzene rings is 1. The first-order valence-electron chi connectivity index (χ1n) is 5.39. The molecule has 17 heavy (non-hydrogen) atoms. The Morgan fingerprint density at radius 1 is 1.41 bits per heavy atom. The van der Waals surface area contributed by atoms with E-state index in [2.05, 4.69) is 10.6 Å². The Bertz CT molecular complexity index is 354.